The lowest BCUT2D eigenvalue weighted by Crippen LogP contribution is -2.47. The lowest BCUT2D eigenvalue weighted by atomic mass is 10.0. The number of thiocarbonyl (C=S) groups is 1. The summed E-state index contributed by atoms with van der Waals surface area (Å²) >= 11 is 4.92. The molecular formula is C13H26N2OS. The molecule has 0 spiro atoms. The molecule has 0 saturated heterocycles. The molecule has 0 aliphatic carbocycles. The third kappa shape index (κ3) is 5.02. The molecule has 1 unspecified atom stereocenters. The maximum absolute atomic E-state index is 12.3. The summed E-state index contributed by atoms with van der Waals surface area (Å²) in [5.74, 6) is 0.169. The summed E-state index contributed by atoms with van der Waals surface area (Å²) in [5.41, 5.74) is 5.57. The molecule has 0 heterocycles. The highest BCUT2D eigenvalue weighted by molar-refractivity contribution is 7.80. The van der Waals surface area contributed by atoms with Crippen LogP contribution >= 0.6 is 12.2 Å². The summed E-state index contributed by atoms with van der Waals surface area (Å²) in [7, 11) is 0. The number of rotatable bonds is 7. The number of carbonyl (C=O) groups excluding carboxylic acids is 1. The number of nitrogens with zero attached hydrogens (tertiary/aromatic N) is 1. The van der Waals surface area contributed by atoms with Crippen molar-refractivity contribution in [2.75, 3.05) is 6.54 Å². The van der Waals surface area contributed by atoms with E-state index in [9.17, 15) is 4.79 Å². The minimum Gasteiger partial charge on any atom is -0.393 e. The monoisotopic (exact) mass is 258 g/mol. The van der Waals surface area contributed by atoms with E-state index in [4.69, 9.17) is 18.0 Å². The van der Waals surface area contributed by atoms with Crippen LogP contribution in [0.15, 0.2) is 0 Å². The van der Waals surface area contributed by atoms with E-state index in [2.05, 4.69) is 27.7 Å². The molecule has 100 valence electrons. The largest absolute Gasteiger partial charge is 0.393 e. The highest BCUT2D eigenvalue weighted by Gasteiger charge is 2.27. The van der Waals surface area contributed by atoms with Crippen molar-refractivity contribution >= 4 is 23.1 Å². The van der Waals surface area contributed by atoms with Crippen LogP contribution in [0.4, 0.5) is 0 Å². The van der Waals surface area contributed by atoms with Gasteiger partial charge in [0.1, 0.15) is 0 Å². The van der Waals surface area contributed by atoms with E-state index >= 15 is 0 Å². The van der Waals surface area contributed by atoms with Gasteiger partial charge in [-0.2, -0.15) is 0 Å². The van der Waals surface area contributed by atoms with Gasteiger partial charge in [-0.05, 0) is 25.7 Å². The zero-order valence-corrected chi connectivity index (χ0v) is 12.5. The second-order valence-electron chi connectivity index (χ2n) is 4.98. The Morgan fingerprint density at radius 2 is 1.71 bits per heavy atom. The third-order valence-electron chi connectivity index (χ3n) is 3.03. The van der Waals surface area contributed by atoms with Crippen LogP contribution in [-0.2, 0) is 4.79 Å². The highest BCUT2D eigenvalue weighted by Crippen LogP contribution is 2.15. The van der Waals surface area contributed by atoms with Gasteiger partial charge in [-0.25, -0.2) is 0 Å². The average molecular weight is 258 g/mol. The third-order valence-corrected chi connectivity index (χ3v) is 3.38. The standard InChI is InChI=1S/C13H26N2OS/c1-6-11(7-2)15(8-9(3)4)13(16)10(5)12(14)17/h9-11H,6-8H2,1-5H3,(H2,14,17). The van der Waals surface area contributed by atoms with Crippen LogP contribution in [-0.4, -0.2) is 28.4 Å². The van der Waals surface area contributed by atoms with Crippen molar-refractivity contribution in [3.63, 3.8) is 0 Å². The van der Waals surface area contributed by atoms with Crippen molar-refractivity contribution in [2.45, 2.75) is 53.5 Å². The quantitative estimate of drug-likeness (QED) is 0.714. The van der Waals surface area contributed by atoms with E-state index in [0.717, 1.165) is 19.4 Å². The molecule has 0 bridgehead atoms. The first kappa shape index (κ1) is 16.4. The summed E-state index contributed by atoms with van der Waals surface area (Å²) in [6.07, 6.45) is 1.94. The number of carbonyl (C=O) groups is 1. The summed E-state index contributed by atoms with van der Waals surface area (Å²) in [5, 5.41) is 0. The molecule has 0 aromatic carbocycles. The Balaban J connectivity index is 4.90. The van der Waals surface area contributed by atoms with Gasteiger partial charge >= 0.3 is 0 Å². The molecular weight excluding hydrogens is 232 g/mol. The zero-order valence-electron chi connectivity index (χ0n) is 11.7. The molecule has 1 amide bonds. The molecule has 4 heteroatoms. The average Bonchev–Trinajstić information content (AvgIpc) is 2.26. The summed E-state index contributed by atoms with van der Waals surface area (Å²) < 4.78 is 0. The van der Waals surface area contributed by atoms with Crippen LogP contribution in [0, 0.1) is 11.8 Å². The van der Waals surface area contributed by atoms with Gasteiger partial charge in [-0.1, -0.05) is 39.9 Å². The minimum atomic E-state index is -0.357. The van der Waals surface area contributed by atoms with E-state index in [0.29, 0.717) is 12.0 Å². The van der Waals surface area contributed by atoms with Crippen molar-refractivity contribution < 1.29 is 4.79 Å². The predicted molar refractivity (Wildman–Crippen MR) is 76.9 cm³/mol. The molecule has 2 N–H and O–H groups in total. The first-order valence-corrected chi connectivity index (χ1v) is 6.85. The van der Waals surface area contributed by atoms with Crippen LogP contribution < -0.4 is 5.73 Å². The van der Waals surface area contributed by atoms with Crippen LogP contribution in [0.5, 0.6) is 0 Å². The van der Waals surface area contributed by atoms with E-state index in [1.165, 1.54) is 0 Å². The van der Waals surface area contributed by atoms with Gasteiger partial charge in [0.15, 0.2) is 0 Å². The zero-order chi connectivity index (χ0) is 13.6. The van der Waals surface area contributed by atoms with Crippen LogP contribution in [0.1, 0.15) is 47.5 Å². The Morgan fingerprint density at radius 1 is 1.24 bits per heavy atom. The van der Waals surface area contributed by atoms with Crippen molar-refractivity contribution in [3.05, 3.63) is 0 Å². The lowest BCUT2D eigenvalue weighted by Gasteiger charge is -2.34. The van der Waals surface area contributed by atoms with Crippen LogP contribution in [0.3, 0.4) is 0 Å². The molecule has 0 aliphatic heterocycles. The van der Waals surface area contributed by atoms with E-state index in [-0.39, 0.29) is 16.8 Å². The van der Waals surface area contributed by atoms with E-state index in [1.54, 1.807) is 6.92 Å². The number of amides is 1. The van der Waals surface area contributed by atoms with Crippen molar-refractivity contribution in [2.24, 2.45) is 17.6 Å². The van der Waals surface area contributed by atoms with Gasteiger partial charge in [0.2, 0.25) is 5.91 Å². The number of nitrogens with two attached hydrogens (primary N) is 1. The number of hydrogen-bond donors (Lipinski definition) is 1. The van der Waals surface area contributed by atoms with E-state index in [1.807, 2.05) is 4.90 Å². The van der Waals surface area contributed by atoms with Gasteiger partial charge in [0.25, 0.3) is 0 Å². The molecule has 0 saturated carbocycles. The normalized spacial score (nSPS) is 12.9. The SMILES string of the molecule is CCC(CC)N(CC(C)C)C(=O)C(C)C(N)=S. The van der Waals surface area contributed by atoms with Gasteiger partial charge in [-0.15, -0.1) is 0 Å². The number of hydrogen-bond acceptors (Lipinski definition) is 2. The topological polar surface area (TPSA) is 46.3 Å². The van der Waals surface area contributed by atoms with Crippen molar-refractivity contribution in [1.82, 2.24) is 4.90 Å². The van der Waals surface area contributed by atoms with Gasteiger partial charge < -0.3 is 10.6 Å². The molecule has 0 aliphatic rings. The maximum atomic E-state index is 12.3. The fourth-order valence-electron chi connectivity index (χ4n) is 1.91. The first-order valence-electron chi connectivity index (χ1n) is 6.44. The Bertz CT molecular complexity index is 262. The second-order valence-corrected chi connectivity index (χ2v) is 5.45. The smallest absolute Gasteiger partial charge is 0.232 e. The van der Waals surface area contributed by atoms with Crippen LogP contribution in [0.2, 0.25) is 0 Å². The predicted octanol–water partition coefficient (Wildman–Crippen LogP) is 2.58. The molecule has 0 aromatic heterocycles. The lowest BCUT2D eigenvalue weighted by molar-refractivity contribution is -0.136. The molecule has 3 nitrogen and oxygen atoms in total. The fraction of sp³-hybridized carbons (Fsp3) is 0.846. The second kappa shape index (κ2) is 7.64. The van der Waals surface area contributed by atoms with Crippen molar-refractivity contribution in [3.8, 4) is 0 Å². The Morgan fingerprint density at radius 3 is 2.00 bits per heavy atom. The van der Waals surface area contributed by atoms with E-state index < -0.39 is 0 Å². The fourth-order valence-corrected chi connectivity index (χ4v) is 2.01. The summed E-state index contributed by atoms with van der Waals surface area (Å²) in [6.45, 7) is 11.0. The Labute approximate surface area is 111 Å². The molecule has 0 fully saturated rings. The van der Waals surface area contributed by atoms with Gasteiger partial charge in [0, 0.05) is 12.6 Å². The maximum Gasteiger partial charge on any atom is 0.232 e. The highest BCUT2D eigenvalue weighted by atomic mass is 32.1. The summed E-state index contributed by atoms with van der Waals surface area (Å²) in [6, 6.07) is 0.293. The van der Waals surface area contributed by atoms with Gasteiger partial charge in [-0.3, -0.25) is 4.79 Å². The molecule has 0 radical (unpaired) electrons. The first-order chi connectivity index (χ1) is 7.84. The van der Waals surface area contributed by atoms with Crippen molar-refractivity contribution in [1.29, 1.82) is 0 Å². The minimum absolute atomic E-state index is 0.0694. The Kier molecular flexibility index (Phi) is 7.35. The molecule has 0 aromatic rings. The van der Waals surface area contributed by atoms with Crippen LogP contribution in [0.25, 0.3) is 0 Å². The molecule has 17 heavy (non-hydrogen) atoms. The molecule has 1 atom stereocenters. The van der Waals surface area contributed by atoms with Gasteiger partial charge in [0.05, 0.1) is 10.9 Å². The Hall–Kier alpha value is -0.640. The molecule has 0 rings (SSSR count). The summed E-state index contributed by atoms with van der Waals surface area (Å²) in [4.78, 5) is 14.6.